The summed E-state index contributed by atoms with van der Waals surface area (Å²) < 4.78 is 0. The highest BCUT2D eigenvalue weighted by molar-refractivity contribution is 8.15. The fourth-order valence-electron chi connectivity index (χ4n) is 3.63. The maximum Gasteiger partial charge on any atom is 0.240 e. The Balaban J connectivity index is 1.70. The molecule has 7 nitrogen and oxygen atoms in total. The zero-order chi connectivity index (χ0) is 26.0. The van der Waals surface area contributed by atoms with Crippen molar-refractivity contribution in [2.24, 2.45) is 10.2 Å². The number of amidine groups is 1. The van der Waals surface area contributed by atoms with Gasteiger partial charge in [-0.1, -0.05) is 71.0 Å². The van der Waals surface area contributed by atoms with Gasteiger partial charge in [0.05, 0.1) is 6.21 Å². The van der Waals surface area contributed by atoms with Gasteiger partial charge >= 0.3 is 0 Å². The second-order valence-electron chi connectivity index (χ2n) is 10.8. The first-order chi connectivity index (χ1) is 16.2. The fraction of sp³-hybridized carbons (Fsp3) is 0.407. The van der Waals surface area contributed by atoms with Gasteiger partial charge in [0.15, 0.2) is 5.17 Å². The average molecular weight is 495 g/mol. The first-order valence-corrected chi connectivity index (χ1v) is 12.4. The van der Waals surface area contributed by atoms with E-state index in [1.165, 1.54) is 11.8 Å². The van der Waals surface area contributed by atoms with Crippen LogP contribution in [0.5, 0.6) is 5.75 Å². The molecular formula is C27H34N4O3S. The third-order valence-electron chi connectivity index (χ3n) is 5.59. The van der Waals surface area contributed by atoms with Crippen molar-refractivity contribution in [2.45, 2.75) is 71.0 Å². The normalized spacial score (nSPS) is 17.7. The van der Waals surface area contributed by atoms with Gasteiger partial charge in [-0.2, -0.15) is 5.10 Å². The summed E-state index contributed by atoms with van der Waals surface area (Å²) in [5.74, 6) is -0.198. The Morgan fingerprint density at radius 1 is 1.09 bits per heavy atom. The molecule has 1 atom stereocenters. The number of carbonyl (C=O) groups is 2. The molecule has 2 amide bonds. The molecule has 1 heterocycles. The van der Waals surface area contributed by atoms with Crippen molar-refractivity contribution in [1.82, 2.24) is 5.32 Å². The number of nitrogens with zero attached hydrogens (tertiary/aromatic N) is 2. The predicted octanol–water partition coefficient (Wildman–Crippen LogP) is 5.25. The standard InChI is InChI=1S/C27H34N4O3S/c1-16-8-10-18(11-9-16)29-22(32)14-21-24(34)30-25(35-21)31-28-15-17-12-19(26(2,3)4)23(33)20(13-17)27(5,6)7/h8-13,15,21,33H,14H2,1-7H3,(H,29,32)(H,30,31,34)/b28-15-/t21-/m1/s1. The molecule has 0 radical (unpaired) electrons. The molecule has 1 fully saturated rings. The smallest absolute Gasteiger partial charge is 0.240 e. The molecule has 0 unspecified atom stereocenters. The number of phenols is 1. The number of amides is 2. The minimum absolute atomic E-state index is 0.0367. The summed E-state index contributed by atoms with van der Waals surface area (Å²) in [6, 6.07) is 11.3. The summed E-state index contributed by atoms with van der Waals surface area (Å²) in [6.07, 6.45) is 1.65. The van der Waals surface area contributed by atoms with E-state index >= 15 is 0 Å². The van der Waals surface area contributed by atoms with E-state index in [0.29, 0.717) is 16.6 Å². The van der Waals surface area contributed by atoms with E-state index in [-0.39, 0.29) is 29.1 Å². The largest absolute Gasteiger partial charge is 0.507 e. The van der Waals surface area contributed by atoms with Crippen LogP contribution in [0.25, 0.3) is 0 Å². The summed E-state index contributed by atoms with van der Waals surface area (Å²) >= 11 is 1.19. The Morgan fingerprint density at radius 3 is 2.20 bits per heavy atom. The molecule has 2 aromatic rings. The lowest BCUT2D eigenvalue weighted by molar-refractivity contribution is -0.122. The Labute approximate surface area is 211 Å². The van der Waals surface area contributed by atoms with Crippen LogP contribution >= 0.6 is 11.8 Å². The maximum absolute atomic E-state index is 12.4. The Morgan fingerprint density at radius 2 is 1.66 bits per heavy atom. The van der Waals surface area contributed by atoms with Crippen LogP contribution in [0.4, 0.5) is 5.69 Å². The highest BCUT2D eigenvalue weighted by Crippen LogP contribution is 2.39. The van der Waals surface area contributed by atoms with E-state index < -0.39 is 5.25 Å². The lowest BCUT2D eigenvalue weighted by Crippen LogP contribution is -2.28. The van der Waals surface area contributed by atoms with Gasteiger partial charge in [0.25, 0.3) is 0 Å². The summed E-state index contributed by atoms with van der Waals surface area (Å²) in [7, 11) is 0. The monoisotopic (exact) mass is 494 g/mol. The quantitative estimate of drug-likeness (QED) is 0.390. The molecule has 0 bridgehead atoms. The number of hydrogen-bond acceptors (Lipinski definition) is 6. The average Bonchev–Trinajstić information content (AvgIpc) is 3.08. The number of nitrogens with one attached hydrogen (secondary N) is 2. The molecule has 1 aliphatic heterocycles. The van der Waals surface area contributed by atoms with Crippen molar-refractivity contribution in [2.75, 3.05) is 5.32 Å². The van der Waals surface area contributed by atoms with Crippen LogP contribution in [-0.2, 0) is 20.4 Å². The summed E-state index contributed by atoms with van der Waals surface area (Å²) in [4.78, 5) is 24.7. The number of rotatable bonds is 5. The molecule has 0 saturated carbocycles. The number of benzene rings is 2. The number of hydrogen-bond donors (Lipinski definition) is 3. The number of anilines is 1. The molecule has 8 heteroatoms. The van der Waals surface area contributed by atoms with E-state index in [0.717, 1.165) is 22.3 Å². The Hall–Kier alpha value is -3.13. The van der Waals surface area contributed by atoms with Crippen LogP contribution < -0.4 is 10.6 Å². The van der Waals surface area contributed by atoms with Crippen LogP contribution in [0.2, 0.25) is 0 Å². The molecule has 3 rings (SSSR count). The van der Waals surface area contributed by atoms with Crippen molar-refractivity contribution in [3.05, 3.63) is 58.7 Å². The van der Waals surface area contributed by atoms with Crippen LogP contribution in [0.1, 0.15) is 70.2 Å². The third kappa shape index (κ3) is 6.94. The van der Waals surface area contributed by atoms with Crippen molar-refractivity contribution in [3.63, 3.8) is 0 Å². The molecule has 2 aromatic carbocycles. The molecule has 35 heavy (non-hydrogen) atoms. The van der Waals surface area contributed by atoms with Crippen LogP contribution in [0, 0.1) is 6.92 Å². The van der Waals surface area contributed by atoms with Crippen molar-refractivity contribution >= 4 is 40.6 Å². The highest BCUT2D eigenvalue weighted by Gasteiger charge is 2.32. The van der Waals surface area contributed by atoms with E-state index in [9.17, 15) is 14.7 Å². The van der Waals surface area contributed by atoms with Gasteiger partial charge in [0.1, 0.15) is 11.0 Å². The topological polar surface area (TPSA) is 103 Å². The minimum atomic E-state index is -0.567. The molecule has 1 saturated heterocycles. The van der Waals surface area contributed by atoms with Gasteiger partial charge in [-0.15, -0.1) is 5.10 Å². The number of phenolic OH excluding ortho intramolecular Hbond substituents is 1. The second-order valence-corrected chi connectivity index (χ2v) is 12.0. The summed E-state index contributed by atoms with van der Waals surface area (Å²) in [6.45, 7) is 14.3. The van der Waals surface area contributed by atoms with Gasteiger partial charge in [-0.05, 0) is 47.6 Å². The first-order valence-electron chi connectivity index (χ1n) is 11.6. The molecule has 0 spiro atoms. The minimum Gasteiger partial charge on any atom is -0.507 e. The van der Waals surface area contributed by atoms with Crippen molar-refractivity contribution < 1.29 is 14.7 Å². The van der Waals surface area contributed by atoms with Gasteiger partial charge < -0.3 is 15.7 Å². The van der Waals surface area contributed by atoms with E-state index in [1.807, 2.05) is 43.3 Å². The van der Waals surface area contributed by atoms with Gasteiger partial charge in [0.2, 0.25) is 11.8 Å². The van der Waals surface area contributed by atoms with Crippen LogP contribution in [0.3, 0.4) is 0 Å². The molecule has 186 valence electrons. The van der Waals surface area contributed by atoms with E-state index in [2.05, 4.69) is 62.4 Å². The Bertz CT molecular complexity index is 1140. The predicted molar refractivity (Wildman–Crippen MR) is 144 cm³/mol. The number of carbonyl (C=O) groups excluding carboxylic acids is 2. The number of aryl methyl sites for hydroxylation is 1. The molecular weight excluding hydrogens is 460 g/mol. The zero-order valence-corrected chi connectivity index (χ0v) is 22.2. The number of thioether (sulfide) groups is 1. The zero-order valence-electron chi connectivity index (χ0n) is 21.4. The van der Waals surface area contributed by atoms with E-state index in [1.54, 1.807) is 6.21 Å². The third-order valence-corrected chi connectivity index (χ3v) is 6.66. The Kier molecular flexibility index (Phi) is 7.74. The summed E-state index contributed by atoms with van der Waals surface area (Å²) in [5, 5.41) is 24.5. The number of aromatic hydroxyl groups is 1. The van der Waals surface area contributed by atoms with Crippen LogP contribution in [0.15, 0.2) is 46.6 Å². The van der Waals surface area contributed by atoms with Gasteiger partial charge in [-0.3, -0.25) is 9.59 Å². The lowest BCUT2D eigenvalue weighted by atomic mass is 9.78. The molecule has 0 aliphatic carbocycles. The molecule has 0 aromatic heterocycles. The summed E-state index contributed by atoms with van der Waals surface area (Å²) in [5.41, 5.74) is 3.78. The fourth-order valence-corrected chi connectivity index (χ4v) is 4.55. The first kappa shape index (κ1) is 26.5. The van der Waals surface area contributed by atoms with Gasteiger partial charge in [-0.25, -0.2) is 0 Å². The molecule has 3 N–H and O–H groups in total. The van der Waals surface area contributed by atoms with Crippen molar-refractivity contribution in [1.29, 1.82) is 0 Å². The maximum atomic E-state index is 12.4. The van der Waals surface area contributed by atoms with Gasteiger partial charge in [0, 0.05) is 23.2 Å². The second kappa shape index (κ2) is 10.2. The van der Waals surface area contributed by atoms with Crippen LogP contribution in [-0.4, -0.2) is 33.6 Å². The van der Waals surface area contributed by atoms with E-state index in [4.69, 9.17) is 0 Å². The molecule has 1 aliphatic rings. The van der Waals surface area contributed by atoms with Crippen molar-refractivity contribution in [3.8, 4) is 5.75 Å². The lowest BCUT2D eigenvalue weighted by Gasteiger charge is -2.27. The SMILES string of the molecule is Cc1ccc(NC(=O)C[C@H]2S/C(=N\N=C/c3cc(C(C)(C)C)c(O)c(C(C)(C)C)c3)NC2=O)cc1. The highest BCUT2D eigenvalue weighted by atomic mass is 32.2.